The Labute approximate surface area is 197 Å². The Balaban J connectivity index is 1.84. The summed E-state index contributed by atoms with van der Waals surface area (Å²) in [5.41, 5.74) is 0.236. The Morgan fingerprint density at radius 1 is 1.16 bits per heavy atom. The van der Waals surface area contributed by atoms with Gasteiger partial charge in [-0.05, 0) is 42.8 Å². The van der Waals surface area contributed by atoms with Crippen molar-refractivity contribution >= 4 is 45.1 Å². The first-order valence-corrected chi connectivity index (χ1v) is 11.0. The van der Waals surface area contributed by atoms with Crippen LogP contribution in [0, 0.1) is 0 Å². The fourth-order valence-corrected chi connectivity index (χ4v) is 4.40. The van der Waals surface area contributed by atoms with Crippen molar-refractivity contribution in [1.29, 1.82) is 0 Å². The van der Waals surface area contributed by atoms with E-state index in [0.717, 1.165) is 22.7 Å². The SMILES string of the molecule is CC[C@@H]1CN(C(=O)c2ccc(C(F)(F)F)cc2Cl)CCN1c1ccc(Br)cc1C(=O)OC. The monoisotopic (exact) mass is 532 g/mol. The third-order valence-electron chi connectivity index (χ3n) is 5.44. The highest BCUT2D eigenvalue weighted by molar-refractivity contribution is 9.10. The number of methoxy groups -OCH3 is 1. The number of hydrogen-bond donors (Lipinski definition) is 0. The number of ether oxygens (including phenoxy) is 1. The zero-order valence-corrected chi connectivity index (χ0v) is 19.7. The summed E-state index contributed by atoms with van der Waals surface area (Å²) in [5.74, 6) is -0.892. The largest absolute Gasteiger partial charge is 0.465 e. The topological polar surface area (TPSA) is 49.9 Å². The standard InChI is InChI=1S/C22H21BrClF3N2O3/c1-3-15-12-28(20(30)16-6-4-13(10-18(16)24)22(25,26)27)8-9-29(15)19-7-5-14(23)11-17(19)21(31)32-2/h4-7,10-11,15H,3,8-9,12H2,1-2H3/t15-/m1/s1. The van der Waals surface area contributed by atoms with Gasteiger partial charge >= 0.3 is 12.1 Å². The lowest BCUT2D eigenvalue weighted by molar-refractivity contribution is -0.137. The van der Waals surface area contributed by atoms with Crippen LogP contribution in [-0.4, -0.2) is 49.6 Å². The van der Waals surface area contributed by atoms with Crippen LogP contribution >= 0.6 is 27.5 Å². The zero-order valence-electron chi connectivity index (χ0n) is 17.4. The molecule has 1 aliphatic heterocycles. The molecule has 2 aromatic rings. The summed E-state index contributed by atoms with van der Waals surface area (Å²) in [6.45, 7) is 3.06. The van der Waals surface area contributed by atoms with Gasteiger partial charge in [0.2, 0.25) is 0 Å². The van der Waals surface area contributed by atoms with E-state index in [1.807, 2.05) is 19.1 Å². The van der Waals surface area contributed by atoms with Gasteiger partial charge in [0.1, 0.15) is 0 Å². The Kier molecular flexibility index (Phi) is 7.39. The lowest BCUT2D eigenvalue weighted by atomic mass is 10.0. The van der Waals surface area contributed by atoms with E-state index >= 15 is 0 Å². The quantitative estimate of drug-likeness (QED) is 0.477. The molecule has 1 fully saturated rings. The number of benzene rings is 2. The number of nitrogens with zero attached hydrogens (tertiary/aromatic N) is 2. The molecule has 1 heterocycles. The van der Waals surface area contributed by atoms with Crippen LogP contribution in [0.3, 0.4) is 0 Å². The minimum Gasteiger partial charge on any atom is -0.465 e. The minimum atomic E-state index is -4.54. The van der Waals surface area contributed by atoms with Crippen LogP contribution in [0.5, 0.6) is 0 Å². The molecule has 0 aromatic heterocycles. The van der Waals surface area contributed by atoms with Crippen molar-refractivity contribution in [3.63, 3.8) is 0 Å². The molecule has 0 N–H and O–H groups in total. The van der Waals surface area contributed by atoms with E-state index in [2.05, 4.69) is 20.8 Å². The molecule has 2 aromatic carbocycles. The van der Waals surface area contributed by atoms with E-state index in [9.17, 15) is 22.8 Å². The number of carbonyl (C=O) groups is 2. The van der Waals surface area contributed by atoms with E-state index in [1.165, 1.54) is 7.11 Å². The molecule has 1 aliphatic rings. The highest BCUT2D eigenvalue weighted by Crippen LogP contribution is 2.33. The summed E-state index contributed by atoms with van der Waals surface area (Å²) in [6.07, 6.45) is -3.85. The predicted molar refractivity (Wildman–Crippen MR) is 119 cm³/mol. The maximum Gasteiger partial charge on any atom is 0.416 e. The maximum atomic E-state index is 13.0. The summed E-state index contributed by atoms with van der Waals surface area (Å²) in [6, 6.07) is 7.98. The van der Waals surface area contributed by atoms with Gasteiger partial charge < -0.3 is 14.5 Å². The molecule has 0 radical (unpaired) electrons. The van der Waals surface area contributed by atoms with Gasteiger partial charge in [0, 0.05) is 30.1 Å². The van der Waals surface area contributed by atoms with E-state index in [4.69, 9.17) is 16.3 Å². The fraction of sp³-hybridized carbons (Fsp3) is 0.364. The van der Waals surface area contributed by atoms with Crippen molar-refractivity contribution in [2.45, 2.75) is 25.6 Å². The molecule has 0 spiro atoms. The average molecular weight is 534 g/mol. The maximum absolute atomic E-state index is 13.0. The van der Waals surface area contributed by atoms with E-state index in [1.54, 1.807) is 11.0 Å². The molecule has 5 nitrogen and oxygen atoms in total. The Bertz CT molecular complexity index is 1030. The van der Waals surface area contributed by atoms with Crippen LogP contribution in [0.4, 0.5) is 18.9 Å². The van der Waals surface area contributed by atoms with Gasteiger partial charge in [-0.1, -0.05) is 34.5 Å². The smallest absolute Gasteiger partial charge is 0.416 e. The summed E-state index contributed by atoms with van der Waals surface area (Å²) in [7, 11) is 1.31. The van der Waals surface area contributed by atoms with E-state index in [-0.39, 0.29) is 16.6 Å². The lowest BCUT2D eigenvalue weighted by Gasteiger charge is -2.43. The average Bonchev–Trinajstić information content (AvgIpc) is 2.77. The molecule has 0 saturated carbocycles. The van der Waals surface area contributed by atoms with Crippen molar-refractivity contribution in [3.05, 3.63) is 62.6 Å². The van der Waals surface area contributed by atoms with Crippen molar-refractivity contribution < 1.29 is 27.5 Å². The summed E-state index contributed by atoms with van der Waals surface area (Å²) in [4.78, 5) is 28.9. The summed E-state index contributed by atoms with van der Waals surface area (Å²) in [5, 5.41) is -0.235. The van der Waals surface area contributed by atoms with Crippen LogP contribution in [-0.2, 0) is 10.9 Å². The van der Waals surface area contributed by atoms with Crippen LogP contribution in [0.2, 0.25) is 5.02 Å². The number of hydrogen-bond acceptors (Lipinski definition) is 4. The summed E-state index contributed by atoms with van der Waals surface area (Å²) >= 11 is 9.38. The number of carbonyl (C=O) groups excluding carboxylic acids is 2. The molecule has 0 aliphatic carbocycles. The Morgan fingerprint density at radius 2 is 1.88 bits per heavy atom. The first kappa shape index (κ1) is 24.4. The first-order valence-electron chi connectivity index (χ1n) is 9.87. The summed E-state index contributed by atoms with van der Waals surface area (Å²) < 4.78 is 44.4. The number of piperazine rings is 1. The van der Waals surface area contributed by atoms with Crippen molar-refractivity contribution in [3.8, 4) is 0 Å². The second-order valence-electron chi connectivity index (χ2n) is 7.35. The van der Waals surface area contributed by atoms with E-state index < -0.39 is 23.6 Å². The number of anilines is 1. The molecule has 172 valence electrons. The van der Waals surface area contributed by atoms with Crippen LogP contribution in [0.15, 0.2) is 40.9 Å². The molecular weight excluding hydrogens is 513 g/mol. The second-order valence-corrected chi connectivity index (χ2v) is 8.67. The van der Waals surface area contributed by atoms with Crippen LogP contribution in [0.1, 0.15) is 39.6 Å². The number of esters is 1. The van der Waals surface area contributed by atoms with Crippen LogP contribution in [0.25, 0.3) is 0 Å². The third-order valence-corrected chi connectivity index (χ3v) is 6.25. The number of rotatable bonds is 4. The van der Waals surface area contributed by atoms with Crippen molar-refractivity contribution in [2.75, 3.05) is 31.6 Å². The van der Waals surface area contributed by atoms with Gasteiger partial charge in [-0.25, -0.2) is 4.79 Å². The van der Waals surface area contributed by atoms with E-state index in [0.29, 0.717) is 37.3 Å². The van der Waals surface area contributed by atoms with Gasteiger partial charge in [-0.15, -0.1) is 0 Å². The van der Waals surface area contributed by atoms with Gasteiger partial charge in [-0.2, -0.15) is 13.2 Å². The Hall–Kier alpha value is -2.26. The molecule has 1 atom stereocenters. The lowest BCUT2D eigenvalue weighted by Crippen LogP contribution is -2.55. The number of halogens is 5. The van der Waals surface area contributed by atoms with Crippen LogP contribution < -0.4 is 4.90 Å². The minimum absolute atomic E-state index is 0.0295. The molecule has 1 amide bonds. The fourth-order valence-electron chi connectivity index (χ4n) is 3.77. The third kappa shape index (κ3) is 5.04. The van der Waals surface area contributed by atoms with Gasteiger partial charge in [0.05, 0.1) is 34.5 Å². The molecule has 10 heteroatoms. The van der Waals surface area contributed by atoms with Gasteiger partial charge in [-0.3, -0.25) is 4.79 Å². The molecule has 0 unspecified atom stereocenters. The van der Waals surface area contributed by atoms with Crippen molar-refractivity contribution in [2.24, 2.45) is 0 Å². The Morgan fingerprint density at radius 3 is 2.47 bits per heavy atom. The van der Waals surface area contributed by atoms with Gasteiger partial charge in [0.15, 0.2) is 0 Å². The first-order chi connectivity index (χ1) is 15.1. The van der Waals surface area contributed by atoms with Crippen molar-refractivity contribution in [1.82, 2.24) is 4.90 Å². The predicted octanol–water partition coefficient (Wildman–Crippen LogP) is 5.65. The molecule has 0 bridgehead atoms. The molecule has 3 rings (SSSR count). The molecule has 1 saturated heterocycles. The molecular formula is C22H21BrClF3N2O3. The number of amides is 1. The normalized spacial score (nSPS) is 16.8. The zero-order chi connectivity index (χ0) is 23.6. The number of alkyl halides is 3. The second kappa shape index (κ2) is 9.70. The molecule has 32 heavy (non-hydrogen) atoms. The highest BCUT2D eigenvalue weighted by Gasteiger charge is 2.34. The van der Waals surface area contributed by atoms with Gasteiger partial charge in [0.25, 0.3) is 5.91 Å². The highest BCUT2D eigenvalue weighted by atomic mass is 79.9.